The van der Waals surface area contributed by atoms with Crippen molar-refractivity contribution in [3.63, 3.8) is 0 Å². The first kappa shape index (κ1) is 16.0. The van der Waals surface area contributed by atoms with Crippen molar-refractivity contribution in [3.05, 3.63) is 30.1 Å². The van der Waals surface area contributed by atoms with E-state index in [2.05, 4.69) is 12.2 Å². The van der Waals surface area contributed by atoms with Crippen LogP contribution in [0.1, 0.15) is 52.4 Å². The van der Waals surface area contributed by atoms with E-state index in [1.807, 2.05) is 6.92 Å². The van der Waals surface area contributed by atoms with Crippen LogP contribution in [0.5, 0.6) is 0 Å². The molecule has 0 saturated carbocycles. The Morgan fingerprint density at radius 3 is 2.47 bits per heavy atom. The molecule has 1 aromatic carbocycles. The maximum atomic E-state index is 13.6. The normalized spacial score (nSPS) is 14.1. The van der Waals surface area contributed by atoms with E-state index in [9.17, 15) is 9.50 Å². The zero-order valence-electron chi connectivity index (χ0n) is 12.1. The topological polar surface area (TPSA) is 32.3 Å². The standard InChI is InChI=1S/C16H26FNO/c1-3-4-5-6-9-12-16(2,13-19)18-15-11-8-7-10-14(15)17/h7-8,10-11,18-19H,3-6,9,12-13H2,1-2H3. The summed E-state index contributed by atoms with van der Waals surface area (Å²) in [4.78, 5) is 0. The van der Waals surface area contributed by atoms with Crippen LogP contribution < -0.4 is 5.32 Å². The number of rotatable bonds is 9. The van der Waals surface area contributed by atoms with Crippen LogP contribution in [0, 0.1) is 5.82 Å². The number of benzene rings is 1. The van der Waals surface area contributed by atoms with Gasteiger partial charge in [0.05, 0.1) is 17.8 Å². The molecule has 0 heterocycles. The van der Waals surface area contributed by atoms with Gasteiger partial charge < -0.3 is 10.4 Å². The zero-order chi connectivity index (χ0) is 14.1. The third kappa shape index (κ3) is 5.60. The van der Waals surface area contributed by atoms with Gasteiger partial charge in [0.25, 0.3) is 0 Å². The maximum absolute atomic E-state index is 13.6. The molecule has 0 aromatic heterocycles. The van der Waals surface area contributed by atoms with Crippen molar-refractivity contribution < 1.29 is 9.50 Å². The van der Waals surface area contributed by atoms with Crippen LogP contribution in [0.2, 0.25) is 0 Å². The summed E-state index contributed by atoms with van der Waals surface area (Å²) >= 11 is 0. The average molecular weight is 267 g/mol. The van der Waals surface area contributed by atoms with Crippen LogP contribution in [0.3, 0.4) is 0 Å². The molecule has 1 rings (SSSR count). The molecule has 0 spiro atoms. The molecular formula is C16H26FNO. The van der Waals surface area contributed by atoms with E-state index in [0.29, 0.717) is 5.69 Å². The van der Waals surface area contributed by atoms with Gasteiger partial charge in [-0.3, -0.25) is 0 Å². The minimum atomic E-state index is -0.450. The second-order valence-electron chi connectivity index (χ2n) is 5.49. The first-order valence-electron chi connectivity index (χ1n) is 7.25. The third-order valence-corrected chi connectivity index (χ3v) is 3.49. The Balaban J connectivity index is 2.48. The maximum Gasteiger partial charge on any atom is 0.146 e. The summed E-state index contributed by atoms with van der Waals surface area (Å²) in [6.07, 6.45) is 6.79. The monoisotopic (exact) mass is 267 g/mol. The van der Waals surface area contributed by atoms with Crippen molar-refractivity contribution in [3.8, 4) is 0 Å². The van der Waals surface area contributed by atoms with E-state index in [1.54, 1.807) is 18.2 Å². The summed E-state index contributed by atoms with van der Waals surface area (Å²) < 4.78 is 13.6. The Hall–Kier alpha value is -1.09. The Morgan fingerprint density at radius 1 is 1.16 bits per heavy atom. The Bertz CT molecular complexity index is 370. The number of anilines is 1. The van der Waals surface area contributed by atoms with Gasteiger partial charge in [-0.05, 0) is 25.5 Å². The van der Waals surface area contributed by atoms with Crippen molar-refractivity contribution in [2.75, 3.05) is 11.9 Å². The summed E-state index contributed by atoms with van der Waals surface area (Å²) in [6.45, 7) is 4.14. The van der Waals surface area contributed by atoms with E-state index >= 15 is 0 Å². The number of aliphatic hydroxyl groups is 1. The fourth-order valence-corrected chi connectivity index (χ4v) is 2.19. The van der Waals surface area contributed by atoms with Gasteiger partial charge in [-0.15, -0.1) is 0 Å². The minimum absolute atomic E-state index is 0.00904. The third-order valence-electron chi connectivity index (χ3n) is 3.49. The summed E-state index contributed by atoms with van der Waals surface area (Å²) in [5.41, 5.74) is 0.0154. The molecule has 0 radical (unpaired) electrons. The highest BCUT2D eigenvalue weighted by atomic mass is 19.1. The predicted octanol–water partition coefficient (Wildman–Crippen LogP) is 4.35. The Labute approximate surface area is 116 Å². The molecule has 0 amide bonds. The van der Waals surface area contributed by atoms with Crippen molar-refractivity contribution in [1.82, 2.24) is 0 Å². The first-order valence-corrected chi connectivity index (χ1v) is 7.25. The Kier molecular flexibility index (Phi) is 6.85. The molecule has 2 N–H and O–H groups in total. The molecule has 0 aliphatic carbocycles. The summed E-state index contributed by atoms with van der Waals surface area (Å²) in [6, 6.07) is 6.60. The smallest absolute Gasteiger partial charge is 0.146 e. The molecule has 1 unspecified atom stereocenters. The highest BCUT2D eigenvalue weighted by Gasteiger charge is 2.23. The lowest BCUT2D eigenvalue weighted by Gasteiger charge is -2.30. The Morgan fingerprint density at radius 2 is 1.84 bits per heavy atom. The largest absolute Gasteiger partial charge is 0.394 e. The number of hydrogen-bond acceptors (Lipinski definition) is 2. The number of para-hydroxylation sites is 1. The highest BCUT2D eigenvalue weighted by Crippen LogP contribution is 2.23. The molecule has 0 aliphatic rings. The van der Waals surface area contributed by atoms with Crippen LogP contribution in [-0.2, 0) is 0 Å². The van der Waals surface area contributed by atoms with Gasteiger partial charge in [-0.25, -0.2) is 4.39 Å². The van der Waals surface area contributed by atoms with Crippen molar-refractivity contribution >= 4 is 5.69 Å². The lowest BCUT2D eigenvalue weighted by Crippen LogP contribution is -2.39. The van der Waals surface area contributed by atoms with Gasteiger partial charge in [0.1, 0.15) is 5.82 Å². The van der Waals surface area contributed by atoms with Crippen molar-refractivity contribution in [1.29, 1.82) is 0 Å². The number of nitrogens with one attached hydrogen (secondary N) is 1. The van der Waals surface area contributed by atoms with Gasteiger partial charge in [-0.2, -0.15) is 0 Å². The molecule has 3 heteroatoms. The lowest BCUT2D eigenvalue weighted by atomic mass is 9.94. The fraction of sp³-hybridized carbons (Fsp3) is 0.625. The molecule has 1 atom stereocenters. The van der Waals surface area contributed by atoms with E-state index in [-0.39, 0.29) is 12.4 Å². The highest BCUT2D eigenvalue weighted by molar-refractivity contribution is 5.46. The lowest BCUT2D eigenvalue weighted by molar-refractivity contribution is 0.211. The van der Waals surface area contributed by atoms with Gasteiger partial charge in [0, 0.05) is 0 Å². The predicted molar refractivity (Wildman–Crippen MR) is 78.9 cm³/mol. The van der Waals surface area contributed by atoms with Crippen LogP contribution in [0.25, 0.3) is 0 Å². The van der Waals surface area contributed by atoms with E-state index in [0.717, 1.165) is 12.8 Å². The van der Waals surface area contributed by atoms with Crippen molar-refractivity contribution in [2.45, 2.75) is 57.9 Å². The van der Waals surface area contributed by atoms with E-state index < -0.39 is 5.54 Å². The van der Waals surface area contributed by atoms with Gasteiger partial charge in [0.15, 0.2) is 0 Å². The second kappa shape index (κ2) is 8.16. The molecular weight excluding hydrogens is 241 g/mol. The first-order chi connectivity index (χ1) is 9.11. The number of halogens is 1. The van der Waals surface area contributed by atoms with E-state index in [1.165, 1.54) is 31.7 Å². The quantitative estimate of drug-likeness (QED) is 0.652. The average Bonchev–Trinajstić information content (AvgIpc) is 2.41. The van der Waals surface area contributed by atoms with Crippen LogP contribution in [-0.4, -0.2) is 17.3 Å². The van der Waals surface area contributed by atoms with Crippen molar-refractivity contribution in [2.24, 2.45) is 0 Å². The zero-order valence-corrected chi connectivity index (χ0v) is 12.1. The van der Waals surface area contributed by atoms with Gasteiger partial charge in [0.2, 0.25) is 0 Å². The SMILES string of the molecule is CCCCCCCC(C)(CO)Nc1ccccc1F. The molecule has 0 saturated heterocycles. The molecule has 0 bridgehead atoms. The van der Waals surface area contributed by atoms with Gasteiger partial charge >= 0.3 is 0 Å². The number of aliphatic hydroxyl groups excluding tert-OH is 1. The summed E-state index contributed by atoms with van der Waals surface area (Å²) in [5, 5.41) is 12.7. The fourth-order valence-electron chi connectivity index (χ4n) is 2.19. The molecule has 108 valence electrons. The van der Waals surface area contributed by atoms with Crippen LogP contribution in [0.15, 0.2) is 24.3 Å². The van der Waals surface area contributed by atoms with Crippen LogP contribution >= 0.6 is 0 Å². The van der Waals surface area contributed by atoms with Gasteiger partial charge in [-0.1, -0.05) is 51.2 Å². The molecule has 0 fully saturated rings. The molecule has 1 aromatic rings. The molecule has 19 heavy (non-hydrogen) atoms. The number of hydrogen-bond donors (Lipinski definition) is 2. The van der Waals surface area contributed by atoms with Crippen LogP contribution in [0.4, 0.5) is 10.1 Å². The minimum Gasteiger partial charge on any atom is -0.394 e. The summed E-state index contributed by atoms with van der Waals surface area (Å²) in [5.74, 6) is -0.270. The molecule has 0 aliphatic heterocycles. The second-order valence-corrected chi connectivity index (χ2v) is 5.49. The molecule has 2 nitrogen and oxygen atoms in total. The number of unbranched alkanes of at least 4 members (excludes halogenated alkanes) is 4. The summed E-state index contributed by atoms with van der Waals surface area (Å²) in [7, 11) is 0. The van der Waals surface area contributed by atoms with E-state index in [4.69, 9.17) is 0 Å².